The number of hydrogen-bond donors (Lipinski definition) is 3. The summed E-state index contributed by atoms with van der Waals surface area (Å²) < 4.78 is 0. The van der Waals surface area contributed by atoms with Gasteiger partial charge < -0.3 is 0 Å². The van der Waals surface area contributed by atoms with Gasteiger partial charge in [0.15, 0.2) is 0 Å². The van der Waals surface area contributed by atoms with E-state index < -0.39 is 7.94 Å². The molecular formula is C3H8BrO3P. The molecule has 50 valence electrons. The average Bonchev–Trinajstić information content (AvgIpc) is 1.59. The molecule has 0 amide bonds. The first-order chi connectivity index (χ1) is 3.56. The van der Waals surface area contributed by atoms with Gasteiger partial charge in [-0.05, 0) is 0 Å². The van der Waals surface area contributed by atoms with E-state index in [0.717, 1.165) is 0 Å². The van der Waals surface area contributed by atoms with E-state index in [4.69, 9.17) is 14.7 Å². The monoisotopic (exact) mass is 202 g/mol. The van der Waals surface area contributed by atoms with Crippen molar-refractivity contribution < 1.29 is 14.7 Å². The fourth-order valence-corrected chi connectivity index (χ4v) is 1.17. The van der Waals surface area contributed by atoms with Gasteiger partial charge in [0.25, 0.3) is 0 Å². The Balaban J connectivity index is 3.39. The van der Waals surface area contributed by atoms with Crippen molar-refractivity contribution in [1.82, 2.24) is 0 Å². The molecule has 0 rings (SSSR count). The van der Waals surface area contributed by atoms with E-state index in [2.05, 4.69) is 15.9 Å². The van der Waals surface area contributed by atoms with Crippen molar-refractivity contribution >= 4 is 23.9 Å². The first kappa shape index (κ1) is 8.53. The van der Waals surface area contributed by atoms with Crippen LogP contribution in [-0.4, -0.2) is 20.8 Å². The van der Waals surface area contributed by atoms with E-state index in [1.165, 1.54) is 11.1 Å². The van der Waals surface area contributed by atoms with E-state index in [0.29, 0.717) is 0 Å². The molecule has 0 aliphatic carbocycles. The van der Waals surface area contributed by atoms with Crippen molar-refractivity contribution in [2.75, 3.05) is 6.16 Å². The summed E-state index contributed by atoms with van der Waals surface area (Å²) in [5.74, 6) is 0. The minimum absolute atomic E-state index is 0.0573. The SMILES string of the molecule is O[PH](O)(O)CC=CBr. The second-order valence-electron chi connectivity index (χ2n) is 1.34. The van der Waals surface area contributed by atoms with Gasteiger partial charge >= 0.3 is 55.8 Å². The molecule has 0 aliphatic heterocycles. The maximum atomic E-state index is 8.33. The fourth-order valence-electron chi connectivity index (χ4n) is 0.203. The number of allylic oxidation sites excluding steroid dienone is 1. The van der Waals surface area contributed by atoms with Gasteiger partial charge in [-0.1, -0.05) is 0 Å². The van der Waals surface area contributed by atoms with Crippen molar-refractivity contribution in [1.29, 1.82) is 0 Å². The summed E-state index contributed by atoms with van der Waals surface area (Å²) >= 11 is 2.91. The van der Waals surface area contributed by atoms with E-state index in [1.807, 2.05) is 0 Å². The molecule has 0 saturated carbocycles. The van der Waals surface area contributed by atoms with Gasteiger partial charge in [0.05, 0.1) is 0 Å². The Kier molecular flexibility index (Phi) is 3.77. The zero-order chi connectivity index (χ0) is 6.62. The van der Waals surface area contributed by atoms with Gasteiger partial charge in [-0.2, -0.15) is 0 Å². The molecular weight excluding hydrogens is 195 g/mol. The predicted molar refractivity (Wildman–Crippen MR) is 37.9 cm³/mol. The molecule has 0 spiro atoms. The van der Waals surface area contributed by atoms with Crippen LogP contribution in [-0.2, 0) is 0 Å². The minimum atomic E-state index is -3.79. The molecule has 0 aromatic rings. The standard InChI is InChI=1S/C3H8BrO3P/c4-2-1-3-8(5,6)7/h1-2,5-8H,3H2. The van der Waals surface area contributed by atoms with Gasteiger partial charge in [-0.3, -0.25) is 0 Å². The summed E-state index contributed by atoms with van der Waals surface area (Å²) in [5, 5.41) is 0. The Bertz CT molecular complexity index is 87.0. The summed E-state index contributed by atoms with van der Waals surface area (Å²) in [6.45, 7) is 0. The Hall–Kier alpha value is 0.530. The van der Waals surface area contributed by atoms with Crippen LogP contribution in [0.1, 0.15) is 0 Å². The van der Waals surface area contributed by atoms with Gasteiger partial charge in [0.1, 0.15) is 0 Å². The van der Waals surface area contributed by atoms with Gasteiger partial charge in [0, 0.05) is 0 Å². The molecule has 3 nitrogen and oxygen atoms in total. The summed E-state index contributed by atoms with van der Waals surface area (Å²) in [4.78, 5) is 26.4. The first-order valence-electron chi connectivity index (χ1n) is 1.98. The van der Waals surface area contributed by atoms with Gasteiger partial charge in [-0.15, -0.1) is 0 Å². The Labute approximate surface area is 56.4 Å². The Morgan fingerprint density at radius 2 is 1.88 bits per heavy atom. The molecule has 8 heavy (non-hydrogen) atoms. The summed E-state index contributed by atoms with van der Waals surface area (Å²) in [6, 6.07) is 0. The van der Waals surface area contributed by atoms with Crippen LogP contribution in [0, 0.1) is 0 Å². The summed E-state index contributed by atoms with van der Waals surface area (Å²) in [6.07, 6.45) is 1.38. The molecule has 0 fully saturated rings. The molecule has 5 heteroatoms. The molecule has 3 N–H and O–H groups in total. The van der Waals surface area contributed by atoms with Crippen LogP contribution in [0.5, 0.6) is 0 Å². The van der Waals surface area contributed by atoms with Crippen molar-refractivity contribution in [2.24, 2.45) is 0 Å². The third kappa shape index (κ3) is 6.53. The van der Waals surface area contributed by atoms with E-state index in [-0.39, 0.29) is 6.16 Å². The normalized spacial score (nSPS) is 15.0. The molecule has 0 atom stereocenters. The first-order valence-corrected chi connectivity index (χ1v) is 4.95. The van der Waals surface area contributed by atoms with Crippen LogP contribution in [0.3, 0.4) is 0 Å². The van der Waals surface area contributed by atoms with E-state index >= 15 is 0 Å². The summed E-state index contributed by atoms with van der Waals surface area (Å²) in [5.41, 5.74) is 0. The van der Waals surface area contributed by atoms with Gasteiger partial charge in [-0.25, -0.2) is 0 Å². The molecule has 0 aromatic heterocycles. The molecule has 0 aliphatic rings. The quantitative estimate of drug-likeness (QED) is 0.568. The zero-order valence-electron chi connectivity index (χ0n) is 4.08. The maximum absolute atomic E-state index is 8.33. The molecule has 0 radical (unpaired) electrons. The van der Waals surface area contributed by atoms with Crippen molar-refractivity contribution in [3.63, 3.8) is 0 Å². The second-order valence-corrected chi connectivity index (χ2v) is 3.83. The number of hydrogen-bond acceptors (Lipinski definition) is 3. The summed E-state index contributed by atoms with van der Waals surface area (Å²) in [7, 11) is -3.79. The zero-order valence-corrected chi connectivity index (χ0v) is 6.67. The predicted octanol–water partition coefficient (Wildman–Crippen LogP) is 0.367. The van der Waals surface area contributed by atoms with Crippen molar-refractivity contribution in [3.05, 3.63) is 11.1 Å². The Morgan fingerprint density at radius 1 is 1.38 bits per heavy atom. The fraction of sp³-hybridized carbons (Fsp3) is 0.333. The van der Waals surface area contributed by atoms with Crippen LogP contribution < -0.4 is 0 Å². The van der Waals surface area contributed by atoms with Crippen molar-refractivity contribution in [3.8, 4) is 0 Å². The third-order valence-corrected chi connectivity index (χ3v) is 1.64. The number of rotatable bonds is 2. The molecule has 0 heterocycles. The second kappa shape index (κ2) is 3.54. The van der Waals surface area contributed by atoms with Gasteiger partial charge in [0.2, 0.25) is 0 Å². The third-order valence-electron chi connectivity index (χ3n) is 0.481. The molecule has 0 bridgehead atoms. The molecule has 0 aromatic carbocycles. The van der Waals surface area contributed by atoms with E-state index in [9.17, 15) is 0 Å². The van der Waals surface area contributed by atoms with Crippen LogP contribution >= 0.6 is 23.9 Å². The topological polar surface area (TPSA) is 60.7 Å². The van der Waals surface area contributed by atoms with Crippen LogP contribution in [0.25, 0.3) is 0 Å². The average molecular weight is 203 g/mol. The van der Waals surface area contributed by atoms with Crippen LogP contribution in [0.15, 0.2) is 11.1 Å². The Morgan fingerprint density at radius 3 is 2.00 bits per heavy atom. The van der Waals surface area contributed by atoms with E-state index in [1.54, 1.807) is 0 Å². The van der Waals surface area contributed by atoms with Crippen LogP contribution in [0.2, 0.25) is 0 Å². The van der Waals surface area contributed by atoms with Crippen LogP contribution in [0.4, 0.5) is 0 Å². The number of halogens is 1. The molecule has 0 unspecified atom stereocenters. The molecule has 0 saturated heterocycles. The van der Waals surface area contributed by atoms with Crippen molar-refractivity contribution in [2.45, 2.75) is 0 Å².